The van der Waals surface area contributed by atoms with Crippen LogP contribution in [0.5, 0.6) is 0 Å². The maximum Gasteiger partial charge on any atom is 0.543 e. The molecular formula is C18H24O8Si. The highest BCUT2D eigenvalue weighted by Crippen LogP contribution is 2.25. The van der Waals surface area contributed by atoms with E-state index < -0.39 is 32.4 Å². The third kappa shape index (κ3) is 4.44. The molecule has 8 nitrogen and oxygen atoms in total. The predicted molar refractivity (Wildman–Crippen MR) is 96.3 cm³/mol. The van der Waals surface area contributed by atoms with Gasteiger partial charge in [-0.15, -0.1) is 0 Å². The molecule has 1 aliphatic heterocycles. The third-order valence-electron chi connectivity index (χ3n) is 4.45. The van der Waals surface area contributed by atoms with E-state index in [0.717, 1.165) is 19.3 Å². The smallest absolute Gasteiger partial charge is 0.454 e. The molecule has 0 bridgehead atoms. The Kier molecular flexibility index (Phi) is 7.25. The normalized spacial score (nSPS) is 14.7. The third-order valence-corrected chi connectivity index (χ3v) is 7.35. The molecule has 0 N–H and O–H groups in total. The van der Waals surface area contributed by atoms with Crippen molar-refractivity contribution in [3.63, 3.8) is 0 Å². The van der Waals surface area contributed by atoms with Gasteiger partial charge in [-0.25, -0.2) is 14.4 Å². The van der Waals surface area contributed by atoms with Crippen molar-refractivity contribution in [1.82, 2.24) is 0 Å². The number of carbonyl (C=O) groups is 3. The Morgan fingerprint density at radius 2 is 1.67 bits per heavy atom. The van der Waals surface area contributed by atoms with Crippen LogP contribution in [0.4, 0.5) is 0 Å². The summed E-state index contributed by atoms with van der Waals surface area (Å²) in [6.07, 6.45) is 3.29. The van der Waals surface area contributed by atoms with Crippen molar-refractivity contribution in [1.29, 1.82) is 0 Å². The summed E-state index contributed by atoms with van der Waals surface area (Å²) >= 11 is 0. The van der Waals surface area contributed by atoms with E-state index >= 15 is 0 Å². The van der Waals surface area contributed by atoms with Crippen molar-refractivity contribution in [2.75, 3.05) is 21.3 Å². The van der Waals surface area contributed by atoms with E-state index in [1.165, 1.54) is 39.5 Å². The summed E-state index contributed by atoms with van der Waals surface area (Å²) < 4.78 is 26.6. The molecule has 1 aromatic carbocycles. The molecule has 9 heteroatoms. The summed E-state index contributed by atoms with van der Waals surface area (Å²) in [5.74, 6) is -2.16. The molecule has 0 aromatic heterocycles. The first kappa shape index (κ1) is 21.2. The van der Waals surface area contributed by atoms with E-state index in [1.54, 1.807) is 0 Å². The maximum absolute atomic E-state index is 12.7. The number of carbonyl (C=O) groups excluding carboxylic acids is 3. The van der Waals surface area contributed by atoms with E-state index in [0.29, 0.717) is 6.42 Å². The first-order valence-electron chi connectivity index (χ1n) is 8.69. The molecule has 1 atom stereocenters. The summed E-state index contributed by atoms with van der Waals surface area (Å²) in [6.45, 7) is 2.07. The van der Waals surface area contributed by atoms with E-state index in [-0.39, 0.29) is 16.7 Å². The molecule has 1 aromatic rings. The largest absolute Gasteiger partial charge is 0.543 e. The highest BCUT2D eigenvalue weighted by Gasteiger charge is 2.50. The molecule has 0 amide bonds. The summed E-state index contributed by atoms with van der Waals surface area (Å²) in [4.78, 5) is 35.9. The first-order valence-corrected chi connectivity index (χ1v) is 10.5. The van der Waals surface area contributed by atoms with Gasteiger partial charge in [-0.05, 0) is 31.0 Å². The molecule has 0 fully saturated rings. The second-order valence-electron chi connectivity index (χ2n) is 6.04. The fourth-order valence-corrected chi connectivity index (χ4v) is 5.04. The van der Waals surface area contributed by atoms with Gasteiger partial charge in [0.25, 0.3) is 0 Å². The summed E-state index contributed by atoms with van der Waals surface area (Å²) in [5.41, 5.74) is -0.387. The molecule has 0 radical (unpaired) electrons. The fourth-order valence-electron chi connectivity index (χ4n) is 2.94. The SMILES string of the molecule is CCCCCC(OC(=O)c1ccc2c(c1)C(=O)OC2=O)[Si](OC)(OC)OC. The highest BCUT2D eigenvalue weighted by atomic mass is 28.4. The van der Waals surface area contributed by atoms with Crippen LogP contribution in [-0.4, -0.2) is 53.8 Å². The Labute approximate surface area is 159 Å². The molecular weight excluding hydrogens is 372 g/mol. The zero-order chi connectivity index (χ0) is 20.0. The number of cyclic esters (lactones) is 2. The molecule has 0 aliphatic carbocycles. The summed E-state index contributed by atoms with van der Waals surface area (Å²) in [5, 5.41) is 0. The lowest BCUT2D eigenvalue weighted by atomic mass is 10.1. The van der Waals surface area contributed by atoms with Crippen LogP contribution < -0.4 is 0 Å². The number of benzene rings is 1. The molecule has 0 saturated heterocycles. The average Bonchev–Trinajstić information content (AvgIpc) is 2.97. The van der Waals surface area contributed by atoms with E-state index in [2.05, 4.69) is 11.7 Å². The van der Waals surface area contributed by atoms with E-state index in [1.807, 2.05) is 0 Å². The van der Waals surface area contributed by atoms with Gasteiger partial charge in [0.15, 0.2) is 5.73 Å². The molecule has 0 spiro atoms. The molecule has 27 heavy (non-hydrogen) atoms. The van der Waals surface area contributed by atoms with Gasteiger partial charge in [-0.2, -0.15) is 0 Å². The van der Waals surface area contributed by atoms with Crippen LogP contribution in [0, 0.1) is 0 Å². The lowest BCUT2D eigenvalue weighted by molar-refractivity contribution is 0.0107. The Morgan fingerprint density at radius 1 is 1.04 bits per heavy atom. The lowest BCUT2D eigenvalue weighted by Gasteiger charge is -2.31. The van der Waals surface area contributed by atoms with Crippen LogP contribution in [0.1, 0.15) is 63.7 Å². The Balaban J connectivity index is 2.23. The van der Waals surface area contributed by atoms with Gasteiger partial charge in [0, 0.05) is 21.3 Å². The van der Waals surface area contributed by atoms with Gasteiger partial charge in [-0.3, -0.25) is 0 Å². The quantitative estimate of drug-likeness (QED) is 0.258. The first-order chi connectivity index (χ1) is 12.9. The van der Waals surface area contributed by atoms with Gasteiger partial charge in [0.05, 0.1) is 16.7 Å². The van der Waals surface area contributed by atoms with Crippen molar-refractivity contribution in [2.24, 2.45) is 0 Å². The van der Waals surface area contributed by atoms with Crippen molar-refractivity contribution in [3.05, 3.63) is 34.9 Å². The molecule has 1 aliphatic rings. The predicted octanol–water partition coefficient (Wildman–Crippen LogP) is 2.52. The molecule has 1 unspecified atom stereocenters. The van der Waals surface area contributed by atoms with Crippen LogP contribution in [0.15, 0.2) is 18.2 Å². The van der Waals surface area contributed by atoms with Gasteiger partial charge in [0.1, 0.15) is 0 Å². The summed E-state index contributed by atoms with van der Waals surface area (Å²) in [7, 11) is 1.14. The van der Waals surface area contributed by atoms with Gasteiger partial charge >= 0.3 is 26.7 Å². The van der Waals surface area contributed by atoms with Crippen molar-refractivity contribution in [3.8, 4) is 0 Å². The average molecular weight is 396 g/mol. The topological polar surface area (TPSA) is 97.4 Å². The molecule has 148 valence electrons. The van der Waals surface area contributed by atoms with Gasteiger partial charge in [-0.1, -0.05) is 19.8 Å². The number of unbranched alkanes of at least 4 members (excludes halogenated alkanes) is 2. The maximum atomic E-state index is 12.7. The standard InChI is InChI=1S/C18H24O8Si/c1-5-6-7-8-15(27(22-2,23-3)24-4)25-16(19)12-9-10-13-14(11-12)18(21)26-17(13)20/h9-11,15H,5-8H2,1-4H3. The fraction of sp³-hybridized carbons (Fsp3) is 0.500. The van der Waals surface area contributed by atoms with Gasteiger partial charge < -0.3 is 22.8 Å². The van der Waals surface area contributed by atoms with Crippen LogP contribution >= 0.6 is 0 Å². The van der Waals surface area contributed by atoms with Crippen molar-refractivity contribution in [2.45, 2.75) is 38.3 Å². The second-order valence-corrected chi connectivity index (χ2v) is 9.12. The zero-order valence-corrected chi connectivity index (χ0v) is 16.9. The number of fused-ring (bicyclic) bond motifs is 1. The van der Waals surface area contributed by atoms with E-state index in [9.17, 15) is 14.4 Å². The second kappa shape index (κ2) is 9.22. The number of esters is 3. The van der Waals surface area contributed by atoms with Crippen LogP contribution in [0.25, 0.3) is 0 Å². The Hall–Kier alpha value is -2.07. The Bertz CT molecular complexity index is 705. The number of rotatable bonds is 10. The van der Waals surface area contributed by atoms with Gasteiger partial charge in [0.2, 0.25) is 0 Å². The monoisotopic (exact) mass is 396 g/mol. The Morgan fingerprint density at radius 3 is 2.26 bits per heavy atom. The van der Waals surface area contributed by atoms with Crippen LogP contribution in [0.2, 0.25) is 0 Å². The lowest BCUT2D eigenvalue weighted by Crippen LogP contribution is -2.56. The number of hydrogen-bond donors (Lipinski definition) is 0. The van der Waals surface area contributed by atoms with Crippen molar-refractivity contribution >= 4 is 26.7 Å². The van der Waals surface area contributed by atoms with Crippen LogP contribution in [-0.2, 0) is 22.8 Å². The highest BCUT2D eigenvalue weighted by molar-refractivity contribution is 6.62. The minimum Gasteiger partial charge on any atom is -0.454 e. The molecule has 0 saturated carbocycles. The molecule has 2 rings (SSSR count). The summed E-state index contributed by atoms with van der Waals surface area (Å²) in [6, 6.07) is 4.09. The van der Waals surface area contributed by atoms with E-state index in [4.69, 9.17) is 18.0 Å². The zero-order valence-electron chi connectivity index (χ0n) is 15.9. The minimum absolute atomic E-state index is 0.0470. The minimum atomic E-state index is -3.23. The number of hydrogen-bond acceptors (Lipinski definition) is 8. The van der Waals surface area contributed by atoms with Crippen LogP contribution in [0.3, 0.4) is 0 Å². The van der Waals surface area contributed by atoms with Crippen molar-refractivity contribution < 1.29 is 37.1 Å². The molecule has 1 heterocycles. The number of ether oxygens (including phenoxy) is 2.